The van der Waals surface area contributed by atoms with E-state index in [0.29, 0.717) is 23.6 Å². The molecule has 3 rings (SSSR count). The lowest BCUT2D eigenvalue weighted by Gasteiger charge is -2.44. The number of ether oxygens (including phenoxy) is 3. The van der Waals surface area contributed by atoms with Crippen molar-refractivity contribution in [1.82, 2.24) is 9.80 Å². The summed E-state index contributed by atoms with van der Waals surface area (Å²) in [6.45, 7) is 4.30. The van der Waals surface area contributed by atoms with Crippen LogP contribution >= 0.6 is 0 Å². The van der Waals surface area contributed by atoms with E-state index in [1.807, 2.05) is 6.07 Å². The van der Waals surface area contributed by atoms with Gasteiger partial charge in [0.25, 0.3) is 0 Å². The Kier molecular flexibility index (Phi) is 6.04. The summed E-state index contributed by atoms with van der Waals surface area (Å²) in [5.41, 5.74) is 1.09. The van der Waals surface area contributed by atoms with Crippen molar-refractivity contribution in [3.05, 3.63) is 17.7 Å². The normalized spacial score (nSPS) is 24.2. The van der Waals surface area contributed by atoms with Crippen LogP contribution < -0.4 is 14.2 Å². The summed E-state index contributed by atoms with van der Waals surface area (Å²) in [5, 5.41) is 9.49. The topological polar surface area (TPSA) is 54.4 Å². The first-order chi connectivity index (χ1) is 12.2. The Balaban J connectivity index is 1.84. The van der Waals surface area contributed by atoms with E-state index in [4.69, 9.17) is 14.2 Å². The van der Waals surface area contributed by atoms with Gasteiger partial charge in [0.15, 0.2) is 11.5 Å². The van der Waals surface area contributed by atoms with Crippen LogP contribution in [0.2, 0.25) is 0 Å². The molecule has 2 atom stereocenters. The minimum Gasteiger partial charge on any atom is -0.493 e. The van der Waals surface area contributed by atoms with E-state index in [0.717, 1.165) is 37.4 Å². The monoisotopic (exact) mass is 350 g/mol. The highest BCUT2D eigenvalue weighted by Crippen LogP contribution is 2.40. The van der Waals surface area contributed by atoms with E-state index >= 15 is 0 Å². The second-order valence-corrected chi connectivity index (χ2v) is 6.88. The molecule has 25 heavy (non-hydrogen) atoms. The van der Waals surface area contributed by atoms with Crippen molar-refractivity contribution < 1.29 is 19.3 Å². The number of piperazine rings is 1. The third-order valence-corrected chi connectivity index (χ3v) is 5.53. The van der Waals surface area contributed by atoms with Crippen molar-refractivity contribution in [2.75, 3.05) is 47.6 Å². The molecule has 0 radical (unpaired) electrons. The Labute approximate surface area is 150 Å². The maximum atomic E-state index is 9.49. The van der Waals surface area contributed by atoms with E-state index < -0.39 is 0 Å². The van der Waals surface area contributed by atoms with Crippen LogP contribution in [-0.2, 0) is 6.54 Å². The number of rotatable bonds is 7. The molecule has 2 fully saturated rings. The van der Waals surface area contributed by atoms with Gasteiger partial charge in [-0.3, -0.25) is 9.80 Å². The van der Waals surface area contributed by atoms with Crippen LogP contribution in [0.1, 0.15) is 24.8 Å². The van der Waals surface area contributed by atoms with Gasteiger partial charge in [-0.2, -0.15) is 0 Å². The molecule has 2 aliphatic heterocycles. The number of methoxy groups -OCH3 is 3. The molecule has 0 unspecified atom stereocenters. The molecule has 0 bridgehead atoms. The summed E-state index contributed by atoms with van der Waals surface area (Å²) in [4.78, 5) is 5.08. The van der Waals surface area contributed by atoms with Crippen LogP contribution in [0, 0.1) is 0 Å². The van der Waals surface area contributed by atoms with Crippen LogP contribution in [0.4, 0.5) is 0 Å². The fraction of sp³-hybridized carbons (Fsp3) is 0.684. The molecule has 1 N–H and O–H groups in total. The number of fused-ring (bicyclic) bond motifs is 1. The van der Waals surface area contributed by atoms with Gasteiger partial charge in [-0.05, 0) is 31.9 Å². The van der Waals surface area contributed by atoms with Crippen molar-refractivity contribution in [3.63, 3.8) is 0 Å². The average Bonchev–Trinajstić information content (AvgIpc) is 3.08. The zero-order chi connectivity index (χ0) is 17.8. The molecule has 0 spiro atoms. The lowest BCUT2D eigenvalue weighted by molar-refractivity contribution is 0.0328. The molecule has 2 heterocycles. The van der Waals surface area contributed by atoms with E-state index in [-0.39, 0.29) is 6.61 Å². The first kappa shape index (κ1) is 18.3. The van der Waals surface area contributed by atoms with E-state index in [9.17, 15) is 5.11 Å². The molecule has 6 nitrogen and oxygen atoms in total. The zero-order valence-electron chi connectivity index (χ0n) is 15.5. The van der Waals surface area contributed by atoms with E-state index in [1.165, 1.54) is 19.4 Å². The Morgan fingerprint density at radius 3 is 2.56 bits per heavy atom. The summed E-state index contributed by atoms with van der Waals surface area (Å²) in [6, 6.07) is 5.00. The second kappa shape index (κ2) is 8.25. The van der Waals surface area contributed by atoms with Gasteiger partial charge in [0.2, 0.25) is 5.75 Å². The van der Waals surface area contributed by atoms with Gasteiger partial charge in [0.1, 0.15) is 0 Å². The number of benzene rings is 1. The highest BCUT2D eigenvalue weighted by Gasteiger charge is 2.36. The van der Waals surface area contributed by atoms with Gasteiger partial charge in [-0.15, -0.1) is 0 Å². The lowest BCUT2D eigenvalue weighted by Crippen LogP contribution is -2.55. The summed E-state index contributed by atoms with van der Waals surface area (Å²) >= 11 is 0. The van der Waals surface area contributed by atoms with Crippen molar-refractivity contribution >= 4 is 0 Å². The molecule has 1 aromatic rings. The largest absolute Gasteiger partial charge is 0.493 e. The van der Waals surface area contributed by atoms with Crippen molar-refractivity contribution in [1.29, 1.82) is 0 Å². The first-order valence-corrected chi connectivity index (χ1v) is 9.08. The molecular weight excluding hydrogens is 320 g/mol. The zero-order valence-corrected chi connectivity index (χ0v) is 15.5. The molecule has 0 aliphatic carbocycles. The average molecular weight is 350 g/mol. The number of hydrogen-bond donors (Lipinski definition) is 1. The van der Waals surface area contributed by atoms with Crippen LogP contribution in [0.25, 0.3) is 0 Å². The minimum atomic E-state index is 0.225. The smallest absolute Gasteiger partial charge is 0.203 e. The van der Waals surface area contributed by atoms with Crippen LogP contribution in [0.15, 0.2) is 12.1 Å². The molecule has 0 aromatic heterocycles. The quantitative estimate of drug-likeness (QED) is 0.808. The number of aliphatic hydroxyl groups is 1. The predicted molar refractivity (Wildman–Crippen MR) is 96.6 cm³/mol. The Morgan fingerprint density at radius 1 is 1.08 bits per heavy atom. The van der Waals surface area contributed by atoms with Gasteiger partial charge in [-0.1, -0.05) is 6.07 Å². The standard InChI is InChI=1S/C19H30N2O4/c1-23-17-7-6-14(18(24-2)19(17)25-3)11-21-13-15-5-4-9-20(15)12-16(21)8-10-22/h6-7,15-16,22H,4-5,8-13H2,1-3H3/t15-,16+/m1/s1. The maximum Gasteiger partial charge on any atom is 0.203 e. The molecule has 2 saturated heterocycles. The summed E-state index contributed by atoms with van der Waals surface area (Å²) in [5.74, 6) is 2.05. The lowest BCUT2D eigenvalue weighted by atomic mass is 10.0. The van der Waals surface area contributed by atoms with Gasteiger partial charge in [0, 0.05) is 43.9 Å². The predicted octanol–water partition coefficient (Wildman–Crippen LogP) is 1.74. The van der Waals surface area contributed by atoms with Gasteiger partial charge in [0.05, 0.1) is 21.3 Å². The maximum absolute atomic E-state index is 9.49. The van der Waals surface area contributed by atoms with Crippen LogP contribution in [0.5, 0.6) is 17.2 Å². The Morgan fingerprint density at radius 2 is 1.88 bits per heavy atom. The van der Waals surface area contributed by atoms with E-state index in [1.54, 1.807) is 21.3 Å². The van der Waals surface area contributed by atoms with Gasteiger partial charge in [-0.25, -0.2) is 0 Å². The Hall–Kier alpha value is -1.50. The SMILES string of the molecule is COc1ccc(CN2C[C@H]3CCCN3C[C@@H]2CCO)c(OC)c1OC. The summed E-state index contributed by atoms with van der Waals surface area (Å²) in [6.07, 6.45) is 3.36. The number of aliphatic hydroxyl groups excluding tert-OH is 1. The van der Waals surface area contributed by atoms with Crippen LogP contribution in [0.3, 0.4) is 0 Å². The molecule has 6 heteroatoms. The van der Waals surface area contributed by atoms with E-state index in [2.05, 4.69) is 15.9 Å². The Bertz CT molecular complexity index is 581. The third kappa shape index (κ3) is 3.71. The third-order valence-electron chi connectivity index (χ3n) is 5.53. The fourth-order valence-corrected chi connectivity index (χ4v) is 4.27. The van der Waals surface area contributed by atoms with Crippen molar-refractivity contribution in [3.8, 4) is 17.2 Å². The number of nitrogens with zero attached hydrogens (tertiary/aromatic N) is 2. The second-order valence-electron chi connectivity index (χ2n) is 6.88. The molecule has 0 saturated carbocycles. The van der Waals surface area contributed by atoms with Gasteiger partial charge >= 0.3 is 0 Å². The van der Waals surface area contributed by atoms with Crippen molar-refractivity contribution in [2.24, 2.45) is 0 Å². The summed E-state index contributed by atoms with van der Waals surface area (Å²) < 4.78 is 16.5. The molecular formula is C19H30N2O4. The van der Waals surface area contributed by atoms with Crippen molar-refractivity contribution in [2.45, 2.75) is 37.9 Å². The fourth-order valence-electron chi connectivity index (χ4n) is 4.27. The summed E-state index contributed by atoms with van der Waals surface area (Å²) in [7, 11) is 4.94. The minimum absolute atomic E-state index is 0.225. The molecule has 1 aromatic carbocycles. The highest BCUT2D eigenvalue weighted by molar-refractivity contribution is 5.55. The highest BCUT2D eigenvalue weighted by atomic mass is 16.5. The first-order valence-electron chi connectivity index (χ1n) is 9.08. The van der Waals surface area contributed by atoms with Crippen LogP contribution in [-0.4, -0.2) is 74.6 Å². The molecule has 2 aliphatic rings. The number of hydrogen-bond acceptors (Lipinski definition) is 6. The van der Waals surface area contributed by atoms with Gasteiger partial charge < -0.3 is 19.3 Å². The molecule has 140 valence electrons. The molecule has 0 amide bonds.